The van der Waals surface area contributed by atoms with E-state index in [1.807, 2.05) is 10.9 Å². The number of amidine groups is 1. The van der Waals surface area contributed by atoms with Gasteiger partial charge < -0.3 is 25.3 Å². The molecule has 0 aliphatic rings. The highest BCUT2D eigenvalue weighted by Crippen LogP contribution is 2.35. The number of rotatable bonds is 10. The monoisotopic (exact) mass is 622 g/mol. The predicted octanol–water partition coefficient (Wildman–Crippen LogP) is 3.12. The van der Waals surface area contributed by atoms with Gasteiger partial charge in [0.15, 0.2) is 11.5 Å². The van der Waals surface area contributed by atoms with E-state index >= 15 is 4.39 Å². The van der Waals surface area contributed by atoms with Crippen LogP contribution in [0.5, 0.6) is 17.2 Å². The Balaban J connectivity index is 2.03. The molecule has 14 nitrogen and oxygen atoms in total. The molecule has 0 aliphatic heterocycles. The number of amides is 2. The first kappa shape index (κ1) is 32.6. The number of hydrogen-bond acceptors (Lipinski definition) is 10. The topological polar surface area (TPSA) is 208 Å². The lowest BCUT2D eigenvalue weighted by molar-refractivity contribution is -0.385. The minimum atomic E-state index is -5.41. The van der Waals surface area contributed by atoms with E-state index in [0.29, 0.717) is 0 Å². The van der Waals surface area contributed by atoms with Gasteiger partial charge in [0.05, 0.1) is 24.7 Å². The number of nitrogen functional groups attached to an aromatic ring is 1. The summed E-state index contributed by atoms with van der Waals surface area (Å²) >= 11 is 0. The summed E-state index contributed by atoms with van der Waals surface area (Å²) in [6, 6.07) is 7.87. The Morgan fingerprint density at radius 2 is 1.59 bits per heavy atom. The van der Waals surface area contributed by atoms with Gasteiger partial charge in [-0.3, -0.25) is 36.0 Å². The molecule has 3 aromatic carbocycles. The van der Waals surface area contributed by atoms with Crippen LogP contribution in [0.2, 0.25) is 0 Å². The smallest absolute Gasteiger partial charge is 0.491 e. The van der Waals surface area contributed by atoms with Crippen LogP contribution < -0.4 is 36.1 Å². The second kappa shape index (κ2) is 13.4. The van der Waals surface area contributed by atoms with Crippen LogP contribution in [0.1, 0.15) is 27.5 Å². The van der Waals surface area contributed by atoms with Crippen molar-refractivity contribution in [2.45, 2.75) is 12.2 Å². The summed E-state index contributed by atoms with van der Waals surface area (Å²) in [4.78, 5) is 47.9. The molecule has 1 atom stereocenters. The number of carbonyl (C=O) groups is 3. The van der Waals surface area contributed by atoms with Gasteiger partial charge >= 0.3 is 12.1 Å². The highest BCUT2D eigenvalue weighted by atomic mass is 19.4. The van der Waals surface area contributed by atoms with Gasteiger partial charge in [0, 0.05) is 29.4 Å². The molecule has 0 aliphatic carbocycles. The largest absolute Gasteiger partial charge is 0.493 e. The number of halogens is 4. The number of nitrogens with one attached hydrogen (secondary N) is 4. The van der Waals surface area contributed by atoms with Crippen molar-refractivity contribution in [2.24, 2.45) is 5.73 Å². The summed E-state index contributed by atoms with van der Waals surface area (Å²) in [5, 5.41) is 21.4. The SMILES string of the molecule is COc1cc(F)c(C(Nc2ccc(C(=N)N)c(OC(=O)C(F)(F)F)c2)C(=O)NNC(=O)c2ccccc2[N+](=O)[O-])cc1OC. The third-order valence-electron chi connectivity index (χ3n) is 5.74. The first-order chi connectivity index (χ1) is 20.7. The van der Waals surface area contributed by atoms with E-state index in [4.69, 9.17) is 20.6 Å². The molecule has 3 rings (SSSR count). The van der Waals surface area contributed by atoms with Gasteiger partial charge in [-0.25, -0.2) is 9.18 Å². The van der Waals surface area contributed by atoms with E-state index in [2.05, 4.69) is 10.1 Å². The molecule has 0 radical (unpaired) electrons. The molecule has 232 valence electrons. The van der Waals surface area contributed by atoms with Crippen LogP contribution in [-0.2, 0) is 9.59 Å². The number of hydrazine groups is 1. The van der Waals surface area contributed by atoms with Crippen molar-refractivity contribution < 1.29 is 51.1 Å². The molecule has 0 saturated carbocycles. The standard InChI is InChI=1S/C26H22F4N6O8/c1-42-19-10-15(16(27)11-20(19)43-2)21(24(38)35-34-23(37)13-5-3-4-6-17(13)36(40)41)33-12-7-8-14(22(31)32)18(9-12)44-25(39)26(28,29)30/h3-11,21,33H,1-2H3,(H3,31,32)(H,34,37)(H,35,38). The molecule has 0 saturated heterocycles. The Kier molecular flexibility index (Phi) is 9.89. The van der Waals surface area contributed by atoms with Gasteiger partial charge in [0.2, 0.25) is 0 Å². The second-order valence-electron chi connectivity index (χ2n) is 8.54. The number of carbonyl (C=O) groups excluding carboxylic acids is 3. The van der Waals surface area contributed by atoms with E-state index in [-0.39, 0.29) is 17.2 Å². The lowest BCUT2D eigenvalue weighted by atomic mass is 10.0. The molecule has 0 bridgehead atoms. The molecule has 3 aromatic rings. The number of benzene rings is 3. The van der Waals surface area contributed by atoms with Gasteiger partial charge in [-0.05, 0) is 24.3 Å². The molecular weight excluding hydrogens is 600 g/mol. The van der Waals surface area contributed by atoms with Crippen molar-refractivity contribution in [2.75, 3.05) is 19.5 Å². The average molecular weight is 622 g/mol. The maximum absolute atomic E-state index is 15.3. The summed E-state index contributed by atoms with van der Waals surface area (Å²) in [5.74, 6) is -7.64. The normalized spacial score (nSPS) is 11.5. The fourth-order valence-electron chi connectivity index (χ4n) is 3.70. The molecule has 44 heavy (non-hydrogen) atoms. The minimum absolute atomic E-state index is 0.0424. The molecule has 6 N–H and O–H groups in total. The van der Waals surface area contributed by atoms with E-state index in [1.165, 1.54) is 26.4 Å². The van der Waals surface area contributed by atoms with Crippen LogP contribution in [0, 0.1) is 21.3 Å². The predicted molar refractivity (Wildman–Crippen MR) is 144 cm³/mol. The van der Waals surface area contributed by atoms with Gasteiger partial charge in [0.1, 0.15) is 29.0 Å². The number of methoxy groups -OCH3 is 2. The van der Waals surface area contributed by atoms with Crippen LogP contribution in [-0.4, -0.2) is 48.9 Å². The number of ether oxygens (including phenoxy) is 3. The number of nitro benzene ring substituents is 1. The summed E-state index contributed by atoms with van der Waals surface area (Å²) in [5.41, 5.74) is 7.29. The van der Waals surface area contributed by atoms with Gasteiger partial charge in [-0.15, -0.1) is 0 Å². The van der Waals surface area contributed by atoms with Crippen LogP contribution >= 0.6 is 0 Å². The highest BCUT2D eigenvalue weighted by molar-refractivity contribution is 6.00. The average Bonchev–Trinajstić information content (AvgIpc) is 2.97. The van der Waals surface area contributed by atoms with Crippen LogP contribution in [0.3, 0.4) is 0 Å². The molecule has 0 spiro atoms. The first-order valence-electron chi connectivity index (χ1n) is 12.0. The second-order valence-corrected chi connectivity index (χ2v) is 8.54. The number of alkyl halides is 3. The van der Waals surface area contributed by atoms with E-state index in [0.717, 1.165) is 42.5 Å². The minimum Gasteiger partial charge on any atom is -0.493 e. The van der Waals surface area contributed by atoms with E-state index < -0.39 is 74.7 Å². The number of esters is 1. The van der Waals surface area contributed by atoms with Gasteiger partial charge in [0.25, 0.3) is 17.5 Å². The van der Waals surface area contributed by atoms with E-state index in [1.54, 1.807) is 0 Å². The molecule has 2 amide bonds. The Bertz CT molecular complexity index is 1630. The summed E-state index contributed by atoms with van der Waals surface area (Å²) in [6.07, 6.45) is -5.41. The zero-order valence-corrected chi connectivity index (χ0v) is 22.6. The zero-order chi connectivity index (χ0) is 32.8. The quantitative estimate of drug-likeness (QED) is 0.0424. The van der Waals surface area contributed by atoms with Crippen molar-refractivity contribution in [3.8, 4) is 17.2 Å². The molecule has 0 heterocycles. The molecule has 0 fully saturated rings. The van der Waals surface area contributed by atoms with Gasteiger partial charge in [-0.2, -0.15) is 13.2 Å². The molecule has 1 unspecified atom stereocenters. The fourth-order valence-corrected chi connectivity index (χ4v) is 3.70. The Labute approximate surface area is 244 Å². The summed E-state index contributed by atoms with van der Waals surface area (Å²) in [7, 11) is 2.44. The highest BCUT2D eigenvalue weighted by Gasteiger charge is 2.42. The Morgan fingerprint density at radius 3 is 2.18 bits per heavy atom. The van der Waals surface area contributed by atoms with Gasteiger partial charge in [-0.1, -0.05) is 12.1 Å². The Hall–Kier alpha value is -5.94. The lowest BCUT2D eigenvalue weighted by Gasteiger charge is -2.22. The number of anilines is 1. The van der Waals surface area contributed by atoms with Crippen LogP contribution in [0.25, 0.3) is 0 Å². The summed E-state index contributed by atoms with van der Waals surface area (Å²) < 4.78 is 68.4. The van der Waals surface area contributed by atoms with Crippen molar-refractivity contribution in [1.82, 2.24) is 10.9 Å². The van der Waals surface area contributed by atoms with E-state index in [9.17, 15) is 37.7 Å². The number of para-hydroxylation sites is 1. The molecule has 18 heteroatoms. The number of nitro groups is 1. The third kappa shape index (κ3) is 7.46. The number of hydrogen-bond donors (Lipinski definition) is 5. The number of nitrogens with zero attached hydrogens (tertiary/aromatic N) is 1. The lowest BCUT2D eigenvalue weighted by Crippen LogP contribution is -2.45. The first-order valence-corrected chi connectivity index (χ1v) is 12.0. The van der Waals surface area contributed by atoms with Crippen molar-refractivity contribution >= 4 is 35.0 Å². The van der Waals surface area contributed by atoms with Crippen molar-refractivity contribution in [1.29, 1.82) is 5.41 Å². The third-order valence-corrected chi connectivity index (χ3v) is 5.74. The maximum Gasteiger partial charge on any atom is 0.491 e. The van der Waals surface area contributed by atoms with Crippen molar-refractivity contribution in [3.05, 3.63) is 87.2 Å². The molecular formula is C26H22F4N6O8. The maximum atomic E-state index is 15.3. The summed E-state index contributed by atoms with van der Waals surface area (Å²) in [6.45, 7) is 0. The fraction of sp³-hybridized carbons (Fsp3) is 0.154. The number of nitrogens with two attached hydrogens (primary N) is 1. The van der Waals surface area contributed by atoms with Crippen molar-refractivity contribution in [3.63, 3.8) is 0 Å². The Morgan fingerprint density at radius 1 is 0.955 bits per heavy atom. The van der Waals surface area contributed by atoms with Crippen LogP contribution in [0.15, 0.2) is 54.6 Å². The molecule has 0 aromatic heterocycles. The zero-order valence-electron chi connectivity index (χ0n) is 22.6. The van der Waals surface area contributed by atoms with Crippen LogP contribution in [0.4, 0.5) is 28.9 Å².